The van der Waals surface area contributed by atoms with Crippen LogP contribution in [0.3, 0.4) is 0 Å². The number of carbonyl (C=O) groups is 1. The van der Waals surface area contributed by atoms with E-state index in [1.54, 1.807) is 0 Å². The summed E-state index contributed by atoms with van der Waals surface area (Å²) in [6.45, 7) is 3.36. The molecule has 1 saturated carbocycles. The molecule has 2 fully saturated rings. The van der Waals surface area contributed by atoms with E-state index in [0.29, 0.717) is 6.04 Å². The number of likely N-dealkylation sites (tertiary alicyclic amines) is 1. The Morgan fingerprint density at radius 2 is 2.19 bits per heavy atom. The molecule has 0 radical (unpaired) electrons. The quantitative estimate of drug-likeness (QED) is 0.690. The van der Waals surface area contributed by atoms with Crippen LogP contribution in [0.5, 0.6) is 0 Å². The fourth-order valence-corrected chi connectivity index (χ4v) is 3.17. The predicted octanol–water partition coefficient (Wildman–Crippen LogP) is 2.20. The summed E-state index contributed by atoms with van der Waals surface area (Å²) < 4.78 is 4.85. The van der Waals surface area contributed by atoms with Gasteiger partial charge in [0.1, 0.15) is 6.04 Å². The highest BCUT2D eigenvalue weighted by atomic mass is 16.5. The van der Waals surface area contributed by atoms with Gasteiger partial charge in [0.2, 0.25) is 0 Å². The fraction of sp³-hybridized carbons (Fsp3) is 0.923. The first-order valence-electron chi connectivity index (χ1n) is 6.59. The van der Waals surface area contributed by atoms with Gasteiger partial charge in [-0.05, 0) is 25.2 Å². The van der Waals surface area contributed by atoms with Crippen LogP contribution in [0.4, 0.5) is 0 Å². The van der Waals surface area contributed by atoms with Gasteiger partial charge in [-0.3, -0.25) is 9.69 Å². The summed E-state index contributed by atoms with van der Waals surface area (Å²) in [5.74, 6) is 0.836. The average molecular weight is 225 g/mol. The Balaban J connectivity index is 1.89. The van der Waals surface area contributed by atoms with Gasteiger partial charge in [-0.2, -0.15) is 0 Å². The first-order valence-corrected chi connectivity index (χ1v) is 6.59. The molecule has 0 aromatic rings. The van der Waals surface area contributed by atoms with Crippen LogP contribution in [0, 0.1) is 5.92 Å². The highest BCUT2D eigenvalue weighted by molar-refractivity contribution is 5.76. The summed E-state index contributed by atoms with van der Waals surface area (Å²) in [6.07, 6.45) is 7.53. The Morgan fingerprint density at radius 3 is 2.75 bits per heavy atom. The number of rotatable bonds is 3. The number of carbonyl (C=O) groups excluding carboxylic acids is 1. The van der Waals surface area contributed by atoms with Gasteiger partial charge >= 0.3 is 5.97 Å². The van der Waals surface area contributed by atoms with Gasteiger partial charge in [0.15, 0.2) is 0 Å². The first-order chi connectivity index (χ1) is 7.76. The SMILES string of the molecule is CCC1CCCC(N2CCC2C(=O)OC)C1. The van der Waals surface area contributed by atoms with Gasteiger partial charge in [0.05, 0.1) is 7.11 Å². The minimum Gasteiger partial charge on any atom is -0.468 e. The van der Waals surface area contributed by atoms with E-state index >= 15 is 0 Å². The molecule has 0 N–H and O–H groups in total. The van der Waals surface area contributed by atoms with Crippen molar-refractivity contribution >= 4 is 5.97 Å². The summed E-state index contributed by atoms with van der Waals surface area (Å²) in [7, 11) is 1.49. The highest BCUT2D eigenvalue weighted by Crippen LogP contribution is 2.34. The summed E-state index contributed by atoms with van der Waals surface area (Å²) in [6, 6.07) is 0.696. The van der Waals surface area contributed by atoms with Crippen LogP contribution in [0.15, 0.2) is 0 Å². The van der Waals surface area contributed by atoms with Crippen molar-refractivity contribution in [3.8, 4) is 0 Å². The zero-order valence-corrected chi connectivity index (χ0v) is 10.4. The van der Waals surface area contributed by atoms with Crippen LogP contribution in [0.1, 0.15) is 45.4 Å². The summed E-state index contributed by atoms with van der Waals surface area (Å²) >= 11 is 0. The van der Waals surface area contributed by atoms with E-state index in [1.807, 2.05) is 0 Å². The second-order valence-electron chi connectivity index (χ2n) is 5.16. The van der Waals surface area contributed by atoms with Crippen LogP contribution in [-0.2, 0) is 9.53 Å². The van der Waals surface area contributed by atoms with Crippen molar-refractivity contribution in [2.24, 2.45) is 5.92 Å². The molecule has 0 aromatic carbocycles. The Labute approximate surface area is 98.1 Å². The van der Waals surface area contributed by atoms with Gasteiger partial charge < -0.3 is 4.74 Å². The maximum atomic E-state index is 11.5. The molecule has 0 aromatic heterocycles. The lowest BCUT2D eigenvalue weighted by atomic mass is 9.81. The average Bonchev–Trinajstić information content (AvgIpc) is 2.27. The Morgan fingerprint density at radius 1 is 1.38 bits per heavy atom. The van der Waals surface area contributed by atoms with Crippen molar-refractivity contribution in [3.63, 3.8) is 0 Å². The Kier molecular flexibility index (Phi) is 3.85. The molecule has 0 amide bonds. The van der Waals surface area contributed by atoms with E-state index in [2.05, 4.69) is 11.8 Å². The van der Waals surface area contributed by atoms with E-state index in [4.69, 9.17) is 4.74 Å². The summed E-state index contributed by atoms with van der Waals surface area (Å²) in [5.41, 5.74) is 0. The predicted molar refractivity (Wildman–Crippen MR) is 63.2 cm³/mol. The van der Waals surface area contributed by atoms with Crippen molar-refractivity contribution in [1.29, 1.82) is 0 Å². The largest absolute Gasteiger partial charge is 0.468 e. The number of esters is 1. The highest BCUT2D eigenvalue weighted by Gasteiger charge is 2.40. The lowest BCUT2D eigenvalue weighted by Crippen LogP contribution is -2.58. The van der Waals surface area contributed by atoms with Crippen molar-refractivity contribution in [3.05, 3.63) is 0 Å². The molecule has 0 bridgehead atoms. The van der Waals surface area contributed by atoms with Crippen LogP contribution >= 0.6 is 0 Å². The number of hydrogen-bond donors (Lipinski definition) is 0. The van der Waals surface area contributed by atoms with E-state index in [1.165, 1.54) is 39.2 Å². The van der Waals surface area contributed by atoms with Gasteiger partial charge in [-0.1, -0.05) is 26.2 Å². The van der Waals surface area contributed by atoms with E-state index in [-0.39, 0.29) is 12.0 Å². The minimum absolute atomic E-state index is 0.0372. The van der Waals surface area contributed by atoms with E-state index in [9.17, 15) is 4.79 Å². The number of hydrogen-bond acceptors (Lipinski definition) is 3. The molecular formula is C13H23NO2. The molecule has 3 nitrogen and oxygen atoms in total. The molecule has 92 valence electrons. The fourth-order valence-electron chi connectivity index (χ4n) is 3.17. The van der Waals surface area contributed by atoms with Crippen molar-refractivity contribution in [2.45, 2.75) is 57.5 Å². The molecule has 16 heavy (non-hydrogen) atoms. The summed E-state index contributed by atoms with van der Waals surface area (Å²) in [5, 5.41) is 0. The second-order valence-corrected chi connectivity index (χ2v) is 5.16. The van der Waals surface area contributed by atoms with E-state index in [0.717, 1.165) is 18.9 Å². The lowest BCUT2D eigenvalue weighted by Gasteiger charge is -2.47. The van der Waals surface area contributed by atoms with Gasteiger partial charge in [0, 0.05) is 12.6 Å². The summed E-state index contributed by atoms with van der Waals surface area (Å²) in [4.78, 5) is 13.9. The van der Waals surface area contributed by atoms with Crippen LogP contribution in [0.25, 0.3) is 0 Å². The Hall–Kier alpha value is -0.570. The number of nitrogens with zero attached hydrogens (tertiary/aromatic N) is 1. The zero-order valence-electron chi connectivity index (χ0n) is 10.4. The van der Waals surface area contributed by atoms with Gasteiger partial charge in [0.25, 0.3) is 0 Å². The minimum atomic E-state index is -0.0372. The molecule has 3 heteroatoms. The van der Waals surface area contributed by atoms with Crippen LogP contribution in [-0.4, -0.2) is 36.6 Å². The topological polar surface area (TPSA) is 29.5 Å². The molecule has 3 atom stereocenters. The van der Waals surface area contributed by atoms with Crippen molar-refractivity contribution in [1.82, 2.24) is 4.90 Å². The van der Waals surface area contributed by atoms with Crippen molar-refractivity contribution in [2.75, 3.05) is 13.7 Å². The molecule has 1 aliphatic heterocycles. The normalized spacial score (nSPS) is 35.5. The number of ether oxygens (including phenoxy) is 1. The maximum absolute atomic E-state index is 11.5. The van der Waals surface area contributed by atoms with Crippen LogP contribution in [0.2, 0.25) is 0 Å². The molecule has 3 unspecified atom stereocenters. The lowest BCUT2D eigenvalue weighted by molar-refractivity contribution is -0.154. The zero-order chi connectivity index (χ0) is 11.5. The molecule has 0 spiro atoms. The Bertz CT molecular complexity index is 254. The molecule has 2 aliphatic rings. The molecule has 1 saturated heterocycles. The smallest absolute Gasteiger partial charge is 0.323 e. The molecular weight excluding hydrogens is 202 g/mol. The van der Waals surface area contributed by atoms with Gasteiger partial charge in [-0.25, -0.2) is 0 Å². The standard InChI is InChI=1S/C13H23NO2/c1-3-10-5-4-6-11(9-10)14-8-7-12(14)13(15)16-2/h10-12H,3-9H2,1-2H3. The molecule has 1 aliphatic carbocycles. The first kappa shape index (κ1) is 11.9. The molecule has 1 heterocycles. The monoisotopic (exact) mass is 225 g/mol. The maximum Gasteiger partial charge on any atom is 0.323 e. The van der Waals surface area contributed by atoms with Gasteiger partial charge in [-0.15, -0.1) is 0 Å². The molecule has 2 rings (SSSR count). The third kappa shape index (κ3) is 2.24. The third-order valence-electron chi connectivity index (χ3n) is 4.34. The second kappa shape index (κ2) is 5.17. The third-order valence-corrected chi connectivity index (χ3v) is 4.34. The van der Waals surface area contributed by atoms with E-state index < -0.39 is 0 Å². The van der Waals surface area contributed by atoms with Crippen LogP contribution < -0.4 is 0 Å². The van der Waals surface area contributed by atoms with Crippen molar-refractivity contribution < 1.29 is 9.53 Å². The number of methoxy groups -OCH3 is 1.